The largest absolute Gasteiger partial charge is 0.311 e. The first-order valence-electron chi connectivity index (χ1n) is 6.13. The maximum atomic E-state index is 10.9. The van der Waals surface area contributed by atoms with Crippen molar-refractivity contribution in [2.75, 3.05) is 6.54 Å². The van der Waals surface area contributed by atoms with Crippen LogP contribution in [0.4, 0.5) is 5.69 Å². The van der Waals surface area contributed by atoms with E-state index < -0.39 is 4.92 Å². The van der Waals surface area contributed by atoms with Gasteiger partial charge in [-0.2, -0.15) is 0 Å². The van der Waals surface area contributed by atoms with Crippen LogP contribution in [0.1, 0.15) is 18.2 Å². The molecular formula is C12H14BrN5O2. The first kappa shape index (κ1) is 14.6. The van der Waals surface area contributed by atoms with Gasteiger partial charge in [-0.15, -0.1) is 5.10 Å². The lowest BCUT2D eigenvalue weighted by atomic mass is 10.2. The normalized spacial score (nSPS) is 10.7. The van der Waals surface area contributed by atoms with E-state index in [0.717, 1.165) is 17.8 Å². The van der Waals surface area contributed by atoms with Gasteiger partial charge in [-0.25, -0.2) is 4.68 Å². The molecular weight excluding hydrogens is 326 g/mol. The zero-order chi connectivity index (χ0) is 14.5. The number of nitro benzene ring substituents is 1. The van der Waals surface area contributed by atoms with Crippen molar-refractivity contribution in [3.8, 4) is 0 Å². The van der Waals surface area contributed by atoms with E-state index >= 15 is 0 Å². The van der Waals surface area contributed by atoms with Gasteiger partial charge in [0.05, 0.1) is 23.4 Å². The van der Waals surface area contributed by atoms with E-state index in [1.807, 2.05) is 19.2 Å². The molecule has 7 nitrogen and oxygen atoms in total. The fourth-order valence-corrected chi connectivity index (χ4v) is 2.29. The third-order valence-electron chi connectivity index (χ3n) is 2.73. The average molecular weight is 340 g/mol. The number of hydrogen-bond acceptors (Lipinski definition) is 5. The molecule has 1 aromatic carbocycles. The van der Waals surface area contributed by atoms with Gasteiger partial charge in [0, 0.05) is 12.6 Å². The standard InChI is InChI=1S/C12H14BrN5O2/c1-2-14-6-10-8-17(16-15-10)7-9-4-3-5-11(12(9)13)18(19)20/h3-5,8,14H,2,6-7H2,1H3. The molecule has 1 heterocycles. The van der Waals surface area contributed by atoms with E-state index in [4.69, 9.17) is 0 Å². The highest BCUT2D eigenvalue weighted by atomic mass is 79.9. The summed E-state index contributed by atoms with van der Waals surface area (Å²) in [5.41, 5.74) is 1.68. The van der Waals surface area contributed by atoms with Crippen LogP contribution in [0.5, 0.6) is 0 Å². The highest BCUT2D eigenvalue weighted by Crippen LogP contribution is 2.28. The van der Waals surface area contributed by atoms with Crippen LogP contribution in [-0.2, 0) is 13.1 Å². The second-order valence-corrected chi connectivity index (χ2v) is 4.99. The summed E-state index contributed by atoms with van der Waals surface area (Å²) in [7, 11) is 0. The lowest BCUT2D eigenvalue weighted by Crippen LogP contribution is -2.11. The van der Waals surface area contributed by atoms with Crippen LogP contribution < -0.4 is 5.32 Å². The maximum absolute atomic E-state index is 10.9. The number of benzene rings is 1. The Balaban J connectivity index is 2.16. The molecule has 0 radical (unpaired) electrons. The van der Waals surface area contributed by atoms with Crippen molar-refractivity contribution in [1.29, 1.82) is 0 Å². The quantitative estimate of drug-likeness (QED) is 0.643. The van der Waals surface area contributed by atoms with E-state index in [9.17, 15) is 10.1 Å². The summed E-state index contributed by atoms with van der Waals surface area (Å²) in [6.45, 7) is 3.97. The molecule has 0 aliphatic carbocycles. The van der Waals surface area contributed by atoms with E-state index in [-0.39, 0.29) is 5.69 Å². The Morgan fingerprint density at radius 3 is 3.00 bits per heavy atom. The minimum Gasteiger partial charge on any atom is -0.311 e. The predicted molar refractivity (Wildman–Crippen MR) is 77.3 cm³/mol. The van der Waals surface area contributed by atoms with Gasteiger partial charge in [-0.05, 0) is 28.0 Å². The number of rotatable bonds is 6. The van der Waals surface area contributed by atoms with Gasteiger partial charge in [0.1, 0.15) is 4.47 Å². The van der Waals surface area contributed by atoms with Crippen LogP contribution in [0.15, 0.2) is 28.9 Å². The summed E-state index contributed by atoms with van der Waals surface area (Å²) in [5.74, 6) is 0. The number of hydrogen-bond donors (Lipinski definition) is 1. The molecule has 2 rings (SSSR count). The molecule has 8 heteroatoms. The van der Waals surface area contributed by atoms with E-state index in [2.05, 4.69) is 31.6 Å². The van der Waals surface area contributed by atoms with Crippen LogP contribution in [0.3, 0.4) is 0 Å². The van der Waals surface area contributed by atoms with Gasteiger partial charge in [-0.3, -0.25) is 10.1 Å². The van der Waals surface area contributed by atoms with Gasteiger partial charge in [0.15, 0.2) is 0 Å². The van der Waals surface area contributed by atoms with Gasteiger partial charge in [0.25, 0.3) is 5.69 Å². The smallest absolute Gasteiger partial charge is 0.283 e. The van der Waals surface area contributed by atoms with Crippen molar-refractivity contribution in [2.45, 2.75) is 20.0 Å². The van der Waals surface area contributed by atoms with Gasteiger partial charge < -0.3 is 5.32 Å². The number of nitrogens with one attached hydrogen (secondary N) is 1. The van der Waals surface area contributed by atoms with Crippen LogP contribution in [0.2, 0.25) is 0 Å². The molecule has 0 fully saturated rings. The summed E-state index contributed by atoms with van der Waals surface area (Å²) in [5, 5.41) is 22.1. The molecule has 2 aromatic rings. The highest BCUT2D eigenvalue weighted by molar-refractivity contribution is 9.10. The fourth-order valence-electron chi connectivity index (χ4n) is 1.75. The molecule has 0 atom stereocenters. The highest BCUT2D eigenvalue weighted by Gasteiger charge is 2.15. The summed E-state index contributed by atoms with van der Waals surface area (Å²) in [4.78, 5) is 10.5. The zero-order valence-corrected chi connectivity index (χ0v) is 12.5. The first-order valence-corrected chi connectivity index (χ1v) is 6.92. The molecule has 0 saturated carbocycles. The van der Waals surface area contributed by atoms with E-state index in [0.29, 0.717) is 17.6 Å². The molecule has 1 N–H and O–H groups in total. The Morgan fingerprint density at radius 2 is 2.30 bits per heavy atom. The van der Waals surface area contributed by atoms with Crippen molar-refractivity contribution < 1.29 is 4.92 Å². The lowest BCUT2D eigenvalue weighted by Gasteiger charge is -2.04. The number of nitrogens with zero attached hydrogens (tertiary/aromatic N) is 4. The summed E-state index contributed by atoms with van der Waals surface area (Å²) in [6, 6.07) is 4.95. The Labute approximate surface area is 124 Å². The van der Waals surface area contributed by atoms with Crippen molar-refractivity contribution in [3.63, 3.8) is 0 Å². The molecule has 1 aromatic heterocycles. The van der Waals surface area contributed by atoms with Crippen molar-refractivity contribution >= 4 is 21.6 Å². The minimum atomic E-state index is -0.411. The van der Waals surface area contributed by atoms with Gasteiger partial charge in [-0.1, -0.05) is 24.3 Å². The molecule has 0 bridgehead atoms. The lowest BCUT2D eigenvalue weighted by molar-refractivity contribution is -0.385. The third kappa shape index (κ3) is 3.40. The molecule has 0 amide bonds. The number of halogens is 1. The van der Waals surface area contributed by atoms with Crippen LogP contribution in [0, 0.1) is 10.1 Å². The van der Waals surface area contributed by atoms with Crippen LogP contribution >= 0.6 is 15.9 Å². The van der Waals surface area contributed by atoms with Gasteiger partial charge >= 0.3 is 0 Å². The minimum absolute atomic E-state index is 0.0514. The Bertz CT molecular complexity index is 614. The number of nitro groups is 1. The molecule has 0 saturated heterocycles. The molecule has 0 aliphatic heterocycles. The predicted octanol–water partition coefficient (Wildman–Crippen LogP) is 2.11. The monoisotopic (exact) mass is 339 g/mol. The summed E-state index contributed by atoms with van der Waals surface area (Å²) >= 11 is 3.27. The van der Waals surface area contributed by atoms with Crippen molar-refractivity contribution in [3.05, 3.63) is 50.2 Å². The van der Waals surface area contributed by atoms with Crippen molar-refractivity contribution in [2.24, 2.45) is 0 Å². The maximum Gasteiger partial charge on any atom is 0.283 e. The Kier molecular flexibility index (Phi) is 4.80. The van der Waals surface area contributed by atoms with Crippen LogP contribution in [0.25, 0.3) is 0 Å². The average Bonchev–Trinajstić information content (AvgIpc) is 2.86. The fraction of sp³-hybridized carbons (Fsp3) is 0.333. The van der Waals surface area contributed by atoms with Gasteiger partial charge in [0.2, 0.25) is 0 Å². The molecule has 0 spiro atoms. The SMILES string of the molecule is CCNCc1cn(Cc2cccc([N+](=O)[O-])c2Br)nn1. The number of aromatic nitrogens is 3. The molecule has 20 heavy (non-hydrogen) atoms. The zero-order valence-electron chi connectivity index (χ0n) is 10.9. The summed E-state index contributed by atoms with van der Waals surface area (Å²) < 4.78 is 2.14. The molecule has 106 valence electrons. The molecule has 0 unspecified atom stereocenters. The third-order valence-corrected chi connectivity index (χ3v) is 3.65. The van der Waals surface area contributed by atoms with Crippen molar-refractivity contribution in [1.82, 2.24) is 20.3 Å². The Hall–Kier alpha value is -1.80. The first-order chi connectivity index (χ1) is 9.61. The second-order valence-electron chi connectivity index (χ2n) is 4.20. The molecule has 0 aliphatic rings. The second kappa shape index (κ2) is 6.58. The topological polar surface area (TPSA) is 85.9 Å². The Morgan fingerprint density at radius 1 is 1.50 bits per heavy atom. The summed E-state index contributed by atoms with van der Waals surface area (Å²) in [6.07, 6.45) is 1.83. The van der Waals surface area contributed by atoms with E-state index in [1.165, 1.54) is 6.07 Å². The van der Waals surface area contributed by atoms with E-state index in [1.54, 1.807) is 10.7 Å². The van der Waals surface area contributed by atoms with Crippen LogP contribution in [-0.4, -0.2) is 26.5 Å².